The number of carbonyl (C=O) groups is 1. The zero-order chi connectivity index (χ0) is 21.1. The summed E-state index contributed by atoms with van der Waals surface area (Å²) < 4.78 is 20.4. The summed E-state index contributed by atoms with van der Waals surface area (Å²) in [5, 5.41) is 29.1. The van der Waals surface area contributed by atoms with E-state index in [1.807, 2.05) is 0 Å². The molecule has 8 nitrogen and oxygen atoms in total. The van der Waals surface area contributed by atoms with Gasteiger partial charge in [0.25, 0.3) is 5.91 Å². The van der Waals surface area contributed by atoms with Crippen LogP contribution in [0.3, 0.4) is 0 Å². The van der Waals surface area contributed by atoms with Gasteiger partial charge in [-0.1, -0.05) is 16.8 Å². The Bertz CT molecular complexity index is 1060. The summed E-state index contributed by atoms with van der Waals surface area (Å²) in [7, 11) is 0. The number of aliphatic hydroxyl groups excluding tert-OH is 1. The summed E-state index contributed by atoms with van der Waals surface area (Å²) in [5.41, 5.74) is 0.775. The van der Waals surface area contributed by atoms with Crippen LogP contribution < -0.4 is 5.32 Å². The molecule has 0 spiro atoms. The van der Waals surface area contributed by atoms with Gasteiger partial charge in [0.05, 0.1) is 17.3 Å². The molecule has 10 heteroatoms. The summed E-state index contributed by atoms with van der Waals surface area (Å²) in [6, 6.07) is 7.15. The molecule has 2 N–H and O–H groups in total. The highest BCUT2D eigenvalue weighted by Crippen LogP contribution is 2.26. The Hall–Kier alpha value is -3.22. The van der Waals surface area contributed by atoms with Crippen LogP contribution in [0.4, 0.5) is 4.39 Å². The van der Waals surface area contributed by atoms with Crippen LogP contribution in [0.5, 0.6) is 0 Å². The molecule has 2 aromatic heterocycles. The zero-order valence-corrected chi connectivity index (χ0v) is 16.3. The maximum atomic E-state index is 14.0. The minimum absolute atomic E-state index is 0.0156. The molecule has 0 bridgehead atoms. The Morgan fingerprint density at radius 1 is 1.45 bits per heavy atom. The van der Waals surface area contributed by atoms with Crippen LogP contribution in [0, 0.1) is 17.1 Å². The third kappa shape index (κ3) is 4.62. The topological polar surface area (TPSA) is 117 Å². The zero-order valence-electron chi connectivity index (χ0n) is 15.6. The summed E-state index contributed by atoms with van der Waals surface area (Å²) in [6.45, 7) is 3.64. The second-order valence-corrected chi connectivity index (χ2v) is 6.92. The van der Waals surface area contributed by atoms with Crippen molar-refractivity contribution in [2.45, 2.75) is 32.5 Å². The van der Waals surface area contributed by atoms with Crippen molar-refractivity contribution in [3.63, 3.8) is 0 Å². The normalized spacial score (nSPS) is 13.0. The van der Waals surface area contributed by atoms with Crippen molar-refractivity contribution in [2.75, 3.05) is 0 Å². The fourth-order valence-electron chi connectivity index (χ4n) is 2.66. The van der Waals surface area contributed by atoms with E-state index in [0.29, 0.717) is 17.8 Å². The van der Waals surface area contributed by atoms with E-state index in [9.17, 15) is 14.3 Å². The monoisotopic (exact) mass is 417 g/mol. The Morgan fingerprint density at radius 2 is 2.21 bits per heavy atom. The van der Waals surface area contributed by atoms with Crippen LogP contribution in [-0.2, 0) is 6.54 Å². The van der Waals surface area contributed by atoms with Crippen molar-refractivity contribution >= 4 is 17.5 Å². The number of carbonyl (C=O) groups excluding carboxylic acids is 1. The molecule has 0 saturated heterocycles. The molecule has 0 aliphatic rings. The lowest BCUT2D eigenvalue weighted by molar-refractivity contribution is 0.0925. The second kappa shape index (κ2) is 8.43. The largest absolute Gasteiger partial charge is 0.385 e. The highest BCUT2D eigenvalue weighted by atomic mass is 35.5. The molecule has 0 aliphatic heterocycles. The molecule has 0 fully saturated rings. The molecule has 29 heavy (non-hydrogen) atoms. The highest BCUT2D eigenvalue weighted by molar-refractivity contribution is 6.32. The minimum Gasteiger partial charge on any atom is -0.385 e. The van der Waals surface area contributed by atoms with Crippen molar-refractivity contribution in [1.82, 2.24) is 20.3 Å². The quantitative estimate of drug-likeness (QED) is 0.636. The van der Waals surface area contributed by atoms with Crippen molar-refractivity contribution in [1.29, 1.82) is 5.26 Å². The van der Waals surface area contributed by atoms with Crippen molar-refractivity contribution in [2.24, 2.45) is 0 Å². The summed E-state index contributed by atoms with van der Waals surface area (Å²) >= 11 is 5.94. The maximum absolute atomic E-state index is 14.0. The summed E-state index contributed by atoms with van der Waals surface area (Å²) in [5.74, 6) is -0.955. The van der Waals surface area contributed by atoms with E-state index in [4.69, 9.17) is 21.4 Å². The Kier molecular flexibility index (Phi) is 5.96. The number of nitrogens with zero attached hydrogens (tertiary/aromatic N) is 4. The van der Waals surface area contributed by atoms with Gasteiger partial charge < -0.3 is 14.9 Å². The number of halogens is 2. The Morgan fingerprint density at radius 3 is 2.83 bits per heavy atom. The number of hydrogen-bond donors (Lipinski definition) is 2. The summed E-state index contributed by atoms with van der Waals surface area (Å²) in [6.07, 6.45) is 0.827. The highest BCUT2D eigenvalue weighted by Gasteiger charge is 2.18. The molecule has 0 radical (unpaired) electrons. The second-order valence-electron chi connectivity index (χ2n) is 6.51. The molecule has 1 amide bonds. The number of benzene rings is 1. The number of nitrogens with one attached hydrogen (secondary N) is 1. The number of rotatable bonds is 6. The third-order valence-electron chi connectivity index (χ3n) is 4.10. The van der Waals surface area contributed by atoms with Gasteiger partial charge in [0.15, 0.2) is 11.5 Å². The minimum atomic E-state index is -0.857. The van der Waals surface area contributed by atoms with Crippen LogP contribution in [0.1, 0.15) is 41.8 Å². The van der Waals surface area contributed by atoms with Gasteiger partial charge in [-0.15, -0.1) is 0 Å². The molecule has 1 unspecified atom stereocenters. The molecular formula is C19H17ClFN5O3. The SMILES string of the molecule is CC(O)c1cc(C(=O)N[C@@H](C)Cn2ccc(-c3cc(F)c(C#N)c(Cl)c3)n2)no1. The van der Waals surface area contributed by atoms with Gasteiger partial charge in [0.1, 0.15) is 23.6 Å². The van der Waals surface area contributed by atoms with Crippen molar-refractivity contribution < 1.29 is 18.8 Å². The van der Waals surface area contributed by atoms with Gasteiger partial charge in [0, 0.05) is 23.9 Å². The number of aromatic nitrogens is 3. The maximum Gasteiger partial charge on any atom is 0.273 e. The smallest absolute Gasteiger partial charge is 0.273 e. The molecule has 150 valence electrons. The number of hydrogen-bond acceptors (Lipinski definition) is 6. The van der Waals surface area contributed by atoms with Gasteiger partial charge in [-0.05, 0) is 32.0 Å². The summed E-state index contributed by atoms with van der Waals surface area (Å²) in [4.78, 5) is 12.2. The van der Waals surface area contributed by atoms with Gasteiger partial charge >= 0.3 is 0 Å². The fourth-order valence-corrected chi connectivity index (χ4v) is 2.91. The van der Waals surface area contributed by atoms with Crippen LogP contribution in [0.15, 0.2) is 35.0 Å². The number of amides is 1. The molecule has 1 aromatic carbocycles. The average molecular weight is 418 g/mol. The van der Waals surface area contributed by atoms with E-state index in [1.165, 1.54) is 25.1 Å². The van der Waals surface area contributed by atoms with Crippen LogP contribution in [-0.4, -0.2) is 32.0 Å². The van der Waals surface area contributed by atoms with Crippen LogP contribution in [0.25, 0.3) is 11.3 Å². The van der Waals surface area contributed by atoms with Crippen molar-refractivity contribution in [3.8, 4) is 17.3 Å². The lowest BCUT2D eigenvalue weighted by Gasteiger charge is -2.12. The molecule has 3 aromatic rings. The van der Waals surface area contributed by atoms with E-state index in [1.54, 1.807) is 29.9 Å². The predicted molar refractivity (Wildman–Crippen MR) is 101 cm³/mol. The first-order chi connectivity index (χ1) is 13.8. The van der Waals surface area contributed by atoms with Gasteiger partial charge in [-0.2, -0.15) is 10.4 Å². The van der Waals surface area contributed by atoms with Crippen LogP contribution in [0.2, 0.25) is 5.02 Å². The molecule has 2 atom stereocenters. The van der Waals surface area contributed by atoms with E-state index in [-0.39, 0.29) is 28.1 Å². The van der Waals surface area contributed by atoms with E-state index in [2.05, 4.69) is 15.6 Å². The van der Waals surface area contributed by atoms with Gasteiger partial charge in [-0.3, -0.25) is 9.48 Å². The van der Waals surface area contributed by atoms with Gasteiger partial charge in [0.2, 0.25) is 0 Å². The molecule has 2 heterocycles. The lowest BCUT2D eigenvalue weighted by Crippen LogP contribution is -2.36. The predicted octanol–water partition coefficient (Wildman–Crippen LogP) is 3.07. The van der Waals surface area contributed by atoms with Gasteiger partial charge in [-0.25, -0.2) is 4.39 Å². The number of nitriles is 1. The standard InChI is InChI=1S/C19H17ClFN5O3/c1-10(23-19(28)17-7-18(11(2)27)29-25-17)9-26-4-3-16(24-26)12-5-14(20)13(8-22)15(21)6-12/h3-7,10-11,27H,9H2,1-2H3,(H,23,28)/t10-,11?/m0/s1. The third-order valence-corrected chi connectivity index (χ3v) is 4.40. The van der Waals surface area contributed by atoms with E-state index in [0.717, 1.165) is 0 Å². The average Bonchev–Trinajstić information content (AvgIpc) is 3.31. The Balaban J connectivity index is 1.66. The molecular weight excluding hydrogens is 401 g/mol. The Labute approximate surface area is 170 Å². The number of aliphatic hydroxyl groups is 1. The first kappa shape index (κ1) is 20.5. The first-order valence-electron chi connectivity index (χ1n) is 8.67. The lowest BCUT2D eigenvalue weighted by atomic mass is 10.1. The van der Waals surface area contributed by atoms with Crippen molar-refractivity contribution in [3.05, 3.63) is 58.3 Å². The van der Waals surface area contributed by atoms with E-state index >= 15 is 0 Å². The first-order valence-corrected chi connectivity index (χ1v) is 9.04. The molecule has 0 aliphatic carbocycles. The fraction of sp³-hybridized carbons (Fsp3) is 0.263. The molecule has 3 rings (SSSR count). The van der Waals surface area contributed by atoms with E-state index < -0.39 is 17.8 Å². The van der Waals surface area contributed by atoms with Crippen LogP contribution >= 0.6 is 11.6 Å². The molecule has 0 saturated carbocycles.